The zero-order valence-electron chi connectivity index (χ0n) is 22.9. The quantitative estimate of drug-likeness (QED) is 0.137. The van der Waals surface area contributed by atoms with Gasteiger partial charge in [-0.1, -0.05) is 0 Å². The van der Waals surface area contributed by atoms with Gasteiger partial charge in [-0.05, 0) is 56.3 Å². The van der Waals surface area contributed by atoms with Gasteiger partial charge in [-0.25, -0.2) is 4.98 Å². The van der Waals surface area contributed by atoms with E-state index >= 15 is 0 Å². The van der Waals surface area contributed by atoms with Crippen molar-refractivity contribution in [1.29, 1.82) is 0 Å². The molecule has 14 nitrogen and oxygen atoms in total. The molecule has 3 aromatic heterocycles. The molecule has 3 heterocycles. The van der Waals surface area contributed by atoms with E-state index in [1.54, 1.807) is 66.0 Å². The molecule has 1 aromatic carbocycles. The highest BCUT2D eigenvalue weighted by Crippen LogP contribution is 2.22. The van der Waals surface area contributed by atoms with Crippen LogP contribution in [-0.4, -0.2) is 55.8 Å². The lowest BCUT2D eigenvalue weighted by Gasteiger charge is -2.05. The Morgan fingerprint density at radius 2 is 1.29 bits per heavy atom. The highest BCUT2D eigenvalue weighted by atomic mass is 16.2. The van der Waals surface area contributed by atoms with Crippen molar-refractivity contribution in [3.05, 3.63) is 54.1 Å². The van der Waals surface area contributed by atoms with Crippen LogP contribution in [0.4, 0.5) is 23.0 Å². The number of amides is 4. The average molecular weight is 563 g/mol. The van der Waals surface area contributed by atoms with Crippen molar-refractivity contribution in [2.24, 2.45) is 25.6 Å². The second-order valence-electron chi connectivity index (χ2n) is 9.56. The molecule has 41 heavy (non-hydrogen) atoms. The van der Waals surface area contributed by atoms with Crippen LogP contribution in [0.15, 0.2) is 42.7 Å². The highest BCUT2D eigenvalue weighted by molar-refractivity contribution is 6.06. The van der Waals surface area contributed by atoms with E-state index in [9.17, 15) is 19.2 Å². The number of hydrogen-bond donors (Lipinski definition) is 7. The molecule has 9 N–H and O–H groups in total. The van der Waals surface area contributed by atoms with Gasteiger partial charge in [-0.3, -0.25) is 24.5 Å². The van der Waals surface area contributed by atoms with Gasteiger partial charge in [0, 0.05) is 45.0 Å². The van der Waals surface area contributed by atoms with Gasteiger partial charge in [0.15, 0.2) is 0 Å². The maximum absolute atomic E-state index is 12.9. The molecular weight excluding hydrogens is 528 g/mol. The van der Waals surface area contributed by atoms with Gasteiger partial charge in [-0.15, -0.1) is 0 Å². The SMILES string of the molecule is Cn1cc(NC(=O)CCCN)cc1C(=O)Nc1ccc2nc(NC(=O)c3cc(NC(=O)CCCN)cn3C)[nH]c2c1. The van der Waals surface area contributed by atoms with Crippen molar-refractivity contribution in [3.8, 4) is 0 Å². The number of aryl methyl sites for hydroxylation is 2. The number of rotatable bonds is 12. The third-order valence-electron chi connectivity index (χ3n) is 6.23. The lowest BCUT2D eigenvalue weighted by molar-refractivity contribution is -0.117. The molecule has 216 valence electrons. The second kappa shape index (κ2) is 12.9. The van der Waals surface area contributed by atoms with Gasteiger partial charge >= 0.3 is 0 Å². The summed E-state index contributed by atoms with van der Waals surface area (Å²) in [7, 11) is 3.41. The minimum absolute atomic E-state index is 0.168. The number of H-pyrrole nitrogens is 1. The minimum Gasteiger partial charge on any atom is -0.344 e. The predicted octanol–water partition coefficient (Wildman–Crippen LogP) is 2.10. The topological polar surface area (TPSA) is 207 Å². The first-order valence-electron chi connectivity index (χ1n) is 13.1. The second-order valence-corrected chi connectivity index (χ2v) is 9.56. The minimum atomic E-state index is -0.419. The summed E-state index contributed by atoms with van der Waals surface area (Å²) in [6, 6.07) is 8.28. The Hall–Kier alpha value is -4.95. The summed E-state index contributed by atoms with van der Waals surface area (Å²) in [5.74, 6) is -0.904. The number of carbonyl (C=O) groups is 4. The summed E-state index contributed by atoms with van der Waals surface area (Å²) in [6.07, 6.45) is 5.07. The van der Waals surface area contributed by atoms with Gasteiger partial charge in [0.2, 0.25) is 17.8 Å². The van der Waals surface area contributed by atoms with E-state index in [1.807, 2.05) is 0 Å². The number of hydrogen-bond acceptors (Lipinski definition) is 7. The zero-order chi connectivity index (χ0) is 29.5. The summed E-state index contributed by atoms with van der Waals surface area (Å²) in [6.45, 7) is 0.849. The van der Waals surface area contributed by atoms with Crippen molar-refractivity contribution < 1.29 is 19.2 Å². The van der Waals surface area contributed by atoms with Gasteiger partial charge in [0.25, 0.3) is 11.8 Å². The van der Waals surface area contributed by atoms with E-state index in [1.165, 1.54) is 0 Å². The van der Waals surface area contributed by atoms with Crippen LogP contribution < -0.4 is 32.7 Å². The monoisotopic (exact) mass is 562 g/mol. The Balaban J connectivity index is 1.40. The van der Waals surface area contributed by atoms with Crippen molar-refractivity contribution in [2.75, 3.05) is 34.4 Å². The first-order valence-corrected chi connectivity index (χ1v) is 13.1. The Kier molecular flexibility index (Phi) is 9.16. The molecule has 0 atom stereocenters. The maximum atomic E-state index is 12.9. The van der Waals surface area contributed by atoms with Crippen LogP contribution in [0.5, 0.6) is 0 Å². The molecule has 0 saturated carbocycles. The van der Waals surface area contributed by atoms with E-state index in [2.05, 4.69) is 31.2 Å². The van der Waals surface area contributed by atoms with Crippen molar-refractivity contribution in [1.82, 2.24) is 19.1 Å². The number of imidazole rings is 1. The molecule has 0 unspecified atom stereocenters. The summed E-state index contributed by atoms with van der Waals surface area (Å²) >= 11 is 0. The Morgan fingerprint density at radius 1 is 0.756 bits per heavy atom. The smallest absolute Gasteiger partial charge is 0.274 e. The van der Waals surface area contributed by atoms with E-state index in [-0.39, 0.29) is 23.7 Å². The molecule has 4 aromatic rings. The summed E-state index contributed by atoms with van der Waals surface area (Å²) in [5, 5.41) is 11.1. The number of nitrogens with two attached hydrogens (primary N) is 2. The number of aromatic nitrogens is 4. The van der Waals surface area contributed by atoms with E-state index in [0.717, 1.165) is 0 Å². The average Bonchev–Trinajstić information content (AvgIpc) is 3.61. The van der Waals surface area contributed by atoms with Crippen molar-refractivity contribution in [2.45, 2.75) is 25.7 Å². The van der Waals surface area contributed by atoms with Crippen LogP contribution in [0.25, 0.3) is 11.0 Å². The first kappa shape index (κ1) is 29.0. The van der Waals surface area contributed by atoms with Crippen molar-refractivity contribution in [3.63, 3.8) is 0 Å². The van der Waals surface area contributed by atoms with Crippen LogP contribution in [0, 0.1) is 0 Å². The lowest BCUT2D eigenvalue weighted by Crippen LogP contribution is -2.16. The van der Waals surface area contributed by atoms with Crippen LogP contribution in [0.1, 0.15) is 46.7 Å². The third kappa shape index (κ3) is 7.38. The van der Waals surface area contributed by atoms with Crippen LogP contribution in [0.2, 0.25) is 0 Å². The largest absolute Gasteiger partial charge is 0.344 e. The molecule has 0 saturated heterocycles. The molecule has 0 aliphatic rings. The summed E-state index contributed by atoms with van der Waals surface area (Å²) < 4.78 is 3.22. The normalized spacial score (nSPS) is 10.9. The first-order chi connectivity index (χ1) is 19.7. The predicted molar refractivity (Wildman–Crippen MR) is 157 cm³/mol. The molecule has 4 amide bonds. The Labute approximate surface area is 235 Å². The number of nitrogens with zero attached hydrogens (tertiary/aromatic N) is 3. The molecule has 4 rings (SSSR count). The van der Waals surface area contributed by atoms with Gasteiger partial charge < -0.3 is 41.5 Å². The number of anilines is 4. The van der Waals surface area contributed by atoms with Crippen LogP contribution in [0.3, 0.4) is 0 Å². The zero-order valence-corrected chi connectivity index (χ0v) is 22.9. The van der Waals surface area contributed by atoms with Crippen LogP contribution >= 0.6 is 0 Å². The van der Waals surface area contributed by atoms with Gasteiger partial charge in [0.1, 0.15) is 11.4 Å². The molecular formula is C27H34N10O4. The Bertz CT molecular complexity index is 1500. The number of nitrogens with one attached hydrogen (secondary N) is 5. The van der Waals surface area contributed by atoms with Crippen LogP contribution in [-0.2, 0) is 23.7 Å². The summed E-state index contributed by atoms with van der Waals surface area (Å²) in [5.41, 5.74) is 14.3. The maximum Gasteiger partial charge on any atom is 0.274 e. The van der Waals surface area contributed by atoms with E-state index < -0.39 is 5.91 Å². The molecule has 0 aliphatic carbocycles. The standard InChI is InChI=1S/C27H34N10O4/c1-36-14-17(30-23(38)5-3-9-28)12-21(36)25(40)32-16-7-8-19-20(11-16)34-27(33-19)35-26(41)22-13-18(15-37(22)2)31-24(39)6-4-10-29/h7-8,11-15H,3-6,9-10,28-29H2,1-2H3,(H,30,38)(H,31,39)(H,32,40)(H2,33,34,35,41). The fraction of sp³-hybridized carbons (Fsp3) is 0.296. The number of aromatic amines is 1. The molecule has 14 heteroatoms. The molecule has 0 radical (unpaired) electrons. The van der Waals surface area contributed by atoms with Gasteiger partial charge in [-0.2, -0.15) is 0 Å². The molecule has 0 aliphatic heterocycles. The van der Waals surface area contributed by atoms with Crippen molar-refractivity contribution >= 4 is 57.7 Å². The third-order valence-corrected chi connectivity index (χ3v) is 6.23. The Morgan fingerprint density at radius 3 is 1.83 bits per heavy atom. The number of carbonyl (C=O) groups excluding carboxylic acids is 4. The van der Waals surface area contributed by atoms with Gasteiger partial charge in [0.05, 0.1) is 22.4 Å². The summed E-state index contributed by atoms with van der Waals surface area (Å²) in [4.78, 5) is 57.2. The highest BCUT2D eigenvalue weighted by Gasteiger charge is 2.17. The molecule has 0 fully saturated rings. The molecule has 0 bridgehead atoms. The lowest BCUT2D eigenvalue weighted by atomic mass is 10.2. The number of fused-ring (bicyclic) bond motifs is 1. The molecule has 0 spiro atoms. The van der Waals surface area contributed by atoms with E-state index in [0.29, 0.717) is 78.3 Å². The van der Waals surface area contributed by atoms with E-state index in [4.69, 9.17) is 11.5 Å². The fourth-order valence-electron chi connectivity index (χ4n) is 4.20. The number of benzene rings is 1. The fourth-order valence-corrected chi connectivity index (χ4v) is 4.20.